The van der Waals surface area contributed by atoms with Gasteiger partial charge in [0.1, 0.15) is 10.6 Å². The molecule has 0 unspecified atom stereocenters. The first-order chi connectivity index (χ1) is 17.0. The SMILES string of the molecule is CC(C)c1ccc(N2C(=O)C(Sc3ccccc3)=C(N3CCN(c4ccccc4)CC3)C2=O)cc1. The predicted octanol–water partition coefficient (Wildman–Crippen LogP) is 5.51. The van der Waals surface area contributed by atoms with E-state index in [-0.39, 0.29) is 11.8 Å². The number of anilines is 2. The minimum atomic E-state index is -0.248. The number of rotatable bonds is 6. The van der Waals surface area contributed by atoms with Crippen molar-refractivity contribution >= 4 is 35.0 Å². The maximum atomic E-state index is 13.8. The number of hydrogen-bond acceptors (Lipinski definition) is 5. The van der Waals surface area contributed by atoms with E-state index in [1.54, 1.807) is 0 Å². The van der Waals surface area contributed by atoms with Crippen molar-refractivity contribution in [3.63, 3.8) is 0 Å². The molecule has 35 heavy (non-hydrogen) atoms. The van der Waals surface area contributed by atoms with Crippen molar-refractivity contribution in [3.8, 4) is 0 Å². The van der Waals surface area contributed by atoms with Crippen LogP contribution in [0.2, 0.25) is 0 Å². The van der Waals surface area contributed by atoms with Gasteiger partial charge in [0, 0.05) is 36.8 Å². The molecule has 0 radical (unpaired) electrons. The van der Waals surface area contributed by atoms with Gasteiger partial charge in [0.15, 0.2) is 0 Å². The molecule has 0 aromatic heterocycles. The summed E-state index contributed by atoms with van der Waals surface area (Å²) in [5.41, 5.74) is 3.50. The Bertz CT molecular complexity index is 1230. The zero-order chi connectivity index (χ0) is 24.4. The first-order valence-electron chi connectivity index (χ1n) is 12.0. The van der Waals surface area contributed by atoms with Crippen LogP contribution in [0.5, 0.6) is 0 Å². The zero-order valence-electron chi connectivity index (χ0n) is 20.1. The second-order valence-corrected chi connectivity index (χ2v) is 10.2. The van der Waals surface area contributed by atoms with Crippen LogP contribution < -0.4 is 9.80 Å². The molecule has 0 atom stereocenters. The fraction of sp³-hybridized carbons (Fsp3) is 0.241. The summed E-state index contributed by atoms with van der Waals surface area (Å²) < 4.78 is 0. The van der Waals surface area contributed by atoms with Gasteiger partial charge in [-0.1, -0.05) is 74.1 Å². The highest BCUT2D eigenvalue weighted by Gasteiger charge is 2.43. The third-order valence-corrected chi connectivity index (χ3v) is 7.60. The van der Waals surface area contributed by atoms with E-state index in [0.29, 0.717) is 35.3 Å². The lowest BCUT2D eigenvalue weighted by molar-refractivity contribution is -0.121. The Morgan fingerprint density at radius 3 is 1.83 bits per heavy atom. The molecule has 2 aliphatic rings. The van der Waals surface area contributed by atoms with E-state index in [1.165, 1.54) is 27.9 Å². The second-order valence-electron chi connectivity index (χ2n) is 9.09. The average molecular weight is 484 g/mol. The van der Waals surface area contributed by atoms with Crippen LogP contribution in [-0.2, 0) is 9.59 Å². The number of thioether (sulfide) groups is 1. The lowest BCUT2D eigenvalue weighted by Gasteiger charge is -2.37. The molecule has 178 valence electrons. The molecule has 2 amide bonds. The smallest absolute Gasteiger partial charge is 0.283 e. The zero-order valence-corrected chi connectivity index (χ0v) is 20.9. The summed E-state index contributed by atoms with van der Waals surface area (Å²) in [5.74, 6) is -0.103. The fourth-order valence-electron chi connectivity index (χ4n) is 4.55. The van der Waals surface area contributed by atoms with Crippen molar-refractivity contribution in [1.82, 2.24) is 4.90 Å². The molecular weight excluding hydrogens is 454 g/mol. The van der Waals surface area contributed by atoms with Gasteiger partial charge in [-0.05, 0) is 47.9 Å². The molecule has 5 nitrogen and oxygen atoms in total. The molecule has 0 bridgehead atoms. The summed E-state index contributed by atoms with van der Waals surface area (Å²) in [7, 11) is 0. The van der Waals surface area contributed by atoms with E-state index < -0.39 is 0 Å². The van der Waals surface area contributed by atoms with Gasteiger partial charge in [-0.2, -0.15) is 0 Å². The van der Waals surface area contributed by atoms with Crippen molar-refractivity contribution < 1.29 is 9.59 Å². The molecule has 5 rings (SSSR count). The fourth-order valence-corrected chi connectivity index (χ4v) is 5.57. The molecule has 0 aliphatic carbocycles. The van der Waals surface area contributed by atoms with E-state index in [4.69, 9.17) is 0 Å². The van der Waals surface area contributed by atoms with E-state index in [9.17, 15) is 9.59 Å². The Balaban J connectivity index is 1.44. The van der Waals surface area contributed by atoms with Crippen molar-refractivity contribution in [2.24, 2.45) is 0 Å². The number of carbonyl (C=O) groups excluding carboxylic acids is 2. The van der Waals surface area contributed by atoms with Gasteiger partial charge < -0.3 is 9.80 Å². The van der Waals surface area contributed by atoms with Crippen LogP contribution in [0.15, 0.2) is 100 Å². The number of para-hydroxylation sites is 1. The molecule has 0 spiro atoms. The maximum Gasteiger partial charge on any atom is 0.283 e. The van der Waals surface area contributed by atoms with Crippen molar-refractivity contribution in [2.45, 2.75) is 24.7 Å². The lowest BCUT2D eigenvalue weighted by atomic mass is 10.0. The Kier molecular flexibility index (Phi) is 6.64. The number of hydrogen-bond donors (Lipinski definition) is 0. The van der Waals surface area contributed by atoms with Gasteiger partial charge in [0.05, 0.1) is 5.69 Å². The molecule has 3 aromatic rings. The number of imide groups is 1. The van der Waals surface area contributed by atoms with Gasteiger partial charge in [-0.25, -0.2) is 4.90 Å². The molecule has 1 saturated heterocycles. The van der Waals surface area contributed by atoms with Gasteiger partial charge in [0.25, 0.3) is 11.8 Å². The Morgan fingerprint density at radius 1 is 0.657 bits per heavy atom. The van der Waals surface area contributed by atoms with Crippen LogP contribution in [0.1, 0.15) is 25.3 Å². The predicted molar refractivity (Wildman–Crippen MR) is 143 cm³/mol. The normalized spacial score (nSPS) is 16.6. The molecule has 2 aliphatic heterocycles. The number of nitrogens with zero attached hydrogens (tertiary/aromatic N) is 3. The topological polar surface area (TPSA) is 43.9 Å². The molecule has 3 aromatic carbocycles. The molecule has 1 fully saturated rings. The molecule has 0 saturated carbocycles. The van der Waals surface area contributed by atoms with Crippen molar-refractivity contribution in [3.05, 3.63) is 101 Å². The van der Waals surface area contributed by atoms with Crippen LogP contribution in [-0.4, -0.2) is 42.9 Å². The third kappa shape index (κ3) is 4.71. The number of benzene rings is 3. The van der Waals surface area contributed by atoms with Gasteiger partial charge in [-0.3, -0.25) is 9.59 Å². The summed E-state index contributed by atoms with van der Waals surface area (Å²) in [4.78, 5) is 34.6. The van der Waals surface area contributed by atoms with E-state index in [1.807, 2.05) is 72.8 Å². The van der Waals surface area contributed by atoms with Crippen LogP contribution in [0.3, 0.4) is 0 Å². The summed E-state index contributed by atoms with van der Waals surface area (Å²) >= 11 is 1.38. The monoisotopic (exact) mass is 483 g/mol. The quantitative estimate of drug-likeness (QED) is 0.433. The average Bonchev–Trinajstić information content (AvgIpc) is 3.14. The summed E-state index contributed by atoms with van der Waals surface area (Å²) in [6.45, 7) is 7.21. The number of piperazine rings is 1. The van der Waals surface area contributed by atoms with Gasteiger partial charge in [-0.15, -0.1) is 0 Å². The number of carbonyl (C=O) groups is 2. The molecule has 6 heteroatoms. The largest absolute Gasteiger partial charge is 0.368 e. The van der Waals surface area contributed by atoms with Crippen molar-refractivity contribution in [1.29, 1.82) is 0 Å². The van der Waals surface area contributed by atoms with E-state index >= 15 is 0 Å². The highest BCUT2D eigenvalue weighted by atomic mass is 32.2. The molecule has 0 N–H and O–H groups in total. The van der Waals surface area contributed by atoms with Crippen molar-refractivity contribution in [2.75, 3.05) is 36.0 Å². The first-order valence-corrected chi connectivity index (χ1v) is 12.9. The Labute approximate surface area is 211 Å². The Hall–Kier alpha value is -3.51. The first kappa shape index (κ1) is 23.2. The summed E-state index contributed by atoms with van der Waals surface area (Å²) in [6.07, 6.45) is 0. The van der Waals surface area contributed by atoms with Gasteiger partial charge in [0.2, 0.25) is 0 Å². The Morgan fingerprint density at radius 2 is 1.23 bits per heavy atom. The lowest BCUT2D eigenvalue weighted by Crippen LogP contribution is -2.47. The summed E-state index contributed by atoms with van der Waals surface area (Å²) in [6, 6.07) is 27.9. The van der Waals surface area contributed by atoms with Crippen LogP contribution in [0.25, 0.3) is 0 Å². The highest BCUT2D eigenvalue weighted by molar-refractivity contribution is 8.04. The highest BCUT2D eigenvalue weighted by Crippen LogP contribution is 2.39. The van der Waals surface area contributed by atoms with Crippen LogP contribution in [0, 0.1) is 0 Å². The van der Waals surface area contributed by atoms with E-state index in [2.05, 4.69) is 35.8 Å². The number of amides is 2. The van der Waals surface area contributed by atoms with E-state index in [0.717, 1.165) is 18.0 Å². The molecular formula is C29H29N3O2S. The summed E-state index contributed by atoms with van der Waals surface area (Å²) in [5, 5.41) is 0. The van der Waals surface area contributed by atoms with Gasteiger partial charge >= 0.3 is 0 Å². The minimum Gasteiger partial charge on any atom is -0.368 e. The maximum absolute atomic E-state index is 13.8. The second kappa shape index (κ2) is 10.0. The standard InChI is InChI=1S/C29H29N3O2S/c1-21(2)22-13-15-24(16-14-22)32-28(33)26(27(29(32)34)35-25-11-7-4-8-12-25)31-19-17-30(18-20-31)23-9-5-3-6-10-23/h3-16,21H,17-20H2,1-2H3. The molecule has 2 heterocycles. The van der Waals surface area contributed by atoms with Crippen LogP contribution >= 0.6 is 11.8 Å². The third-order valence-electron chi connectivity index (χ3n) is 6.52. The minimum absolute atomic E-state index is 0.237. The van der Waals surface area contributed by atoms with Crippen LogP contribution in [0.4, 0.5) is 11.4 Å².